The number of nitrogens with one attached hydrogen (secondary N) is 1. The Bertz CT molecular complexity index is 493. The molecule has 0 saturated carbocycles. The van der Waals surface area contributed by atoms with Crippen LogP contribution in [0.2, 0.25) is 5.02 Å². The van der Waals surface area contributed by atoms with Crippen LogP contribution in [0.3, 0.4) is 0 Å². The maximum absolute atomic E-state index is 12.1. The molecule has 5 heteroatoms. The number of piperidine rings is 1. The van der Waals surface area contributed by atoms with Crippen molar-refractivity contribution in [2.75, 3.05) is 26.2 Å². The minimum absolute atomic E-state index is 0.197. The fourth-order valence-corrected chi connectivity index (χ4v) is 3.08. The SMILES string of the molecule is Cc1cc(Cl)cc(C(=O)NCC(O)CN2CCC(C)CC2)c1. The number of aliphatic hydroxyl groups excluding tert-OH is 1. The summed E-state index contributed by atoms with van der Waals surface area (Å²) >= 11 is 5.96. The monoisotopic (exact) mass is 324 g/mol. The molecule has 1 atom stereocenters. The number of carbonyl (C=O) groups is 1. The van der Waals surface area contributed by atoms with E-state index < -0.39 is 6.10 Å². The normalized spacial score (nSPS) is 18.2. The number of aliphatic hydroxyl groups is 1. The highest BCUT2D eigenvalue weighted by Gasteiger charge is 2.18. The number of benzene rings is 1. The first-order valence-electron chi connectivity index (χ1n) is 7.90. The Morgan fingerprint density at radius 1 is 1.41 bits per heavy atom. The fourth-order valence-electron chi connectivity index (χ4n) is 2.79. The molecule has 0 spiro atoms. The lowest BCUT2D eigenvalue weighted by Gasteiger charge is -2.31. The van der Waals surface area contributed by atoms with E-state index in [4.69, 9.17) is 11.6 Å². The van der Waals surface area contributed by atoms with Crippen molar-refractivity contribution in [1.29, 1.82) is 0 Å². The van der Waals surface area contributed by atoms with Gasteiger partial charge in [0.2, 0.25) is 0 Å². The number of hydrogen-bond acceptors (Lipinski definition) is 3. The molecule has 0 radical (unpaired) electrons. The van der Waals surface area contributed by atoms with E-state index in [-0.39, 0.29) is 12.5 Å². The third kappa shape index (κ3) is 5.27. The Kier molecular flexibility index (Phi) is 6.24. The molecule has 1 aliphatic rings. The summed E-state index contributed by atoms with van der Waals surface area (Å²) in [6.07, 6.45) is 1.82. The second-order valence-corrected chi connectivity index (χ2v) is 6.80. The quantitative estimate of drug-likeness (QED) is 0.875. The summed E-state index contributed by atoms with van der Waals surface area (Å²) in [5.74, 6) is 0.580. The maximum atomic E-state index is 12.1. The number of amides is 1. The number of halogens is 1. The van der Waals surface area contributed by atoms with Gasteiger partial charge in [-0.05, 0) is 62.5 Å². The minimum atomic E-state index is -0.544. The molecule has 22 heavy (non-hydrogen) atoms. The number of hydrogen-bond donors (Lipinski definition) is 2. The first-order valence-corrected chi connectivity index (χ1v) is 8.27. The van der Waals surface area contributed by atoms with E-state index in [0.29, 0.717) is 17.1 Å². The standard InChI is InChI=1S/C17H25ClN2O2/c1-12-3-5-20(6-4-12)11-16(21)10-19-17(22)14-7-13(2)8-15(18)9-14/h7-9,12,16,21H,3-6,10-11H2,1-2H3,(H,19,22). The van der Waals surface area contributed by atoms with Crippen LogP contribution in [-0.2, 0) is 0 Å². The predicted molar refractivity (Wildman–Crippen MR) is 89.4 cm³/mol. The van der Waals surface area contributed by atoms with Crippen molar-refractivity contribution in [2.45, 2.75) is 32.8 Å². The molecule has 0 aliphatic carbocycles. The van der Waals surface area contributed by atoms with Crippen LogP contribution >= 0.6 is 11.6 Å². The average molecular weight is 325 g/mol. The van der Waals surface area contributed by atoms with Gasteiger partial charge in [-0.2, -0.15) is 0 Å². The number of likely N-dealkylation sites (tertiary alicyclic amines) is 1. The van der Waals surface area contributed by atoms with Crippen molar-refractivity contribution in [3.8, 4) is 0 Å². The van der Waals surface area contributed by atoms with E-state index in [1.54, 1.807) is 12.1 Å². The smallest absolute Gasteiger partial charge is 0.251 e. The lowest BCUT2D eigenvalue weighted by molar-refractivity contribution is 0.0795. The van der Waals surface area contributed by atoms with Gasteiger partial charge in [0.15, 0.2) is 0 Å². The third-order valence-corrected chi connectivity index (χ3v) is 4.37. The Morgan fingerprint density at radius 3 is 2.73 bits per heavy atom. The number of rotatable bonds is 5. The van der Waals surface area contributed by atoms with Crippen molar-refractivity contribution in [3.05, 3.63) is 34.3 Å². The van der Waals surface area contributed by atoms with Gasteiger partial charge in [0.05, 0.1) is 6.10 Å². The van der Waals surface area contributed by atoms with E-state index in [1.165, 1.54) is 12.8 Å². The van der Waals surface area contributed by atoms with Crippen LogP contribution in [-0.4, -0.2) is 48.2 Å². The van der Waals surface area contributed by atoms with Crippen molar-refractivity contribution in [1.82, 2.24) is 10.2 Å². The van der Waals surface area contributed by atoms with Crippen molar-refractivity contribution >= 4 is 17.5 Å². The topological polar surface area (TPSA) is 52.6 Å². The van der Waals surface area contributed by atoms with Gasteiger partial charge in [-0.25, -0.2) is 0 Å². The lowest BCUT2D eigenvalue weighted by atomic mass is 9.99. The molecule has 1 aliphatic heterocycles. The van der Waals surface area contributed by atoms with E-state index in [0.717, 1.165) is 24.6 Å². The van der Waals surface area contributed by atoms with Crippen LogP contribution in [0.15, 0.2) is 18.2 Å². The summed E-state index contributed by atoms with van der Waals surface area (Å²) in [4.78, 5) is 14.4. The molecule has 0 bridgehead atoms. The second-order valence-electron chi connectivity index (χ2n) is 6.36. The van der Waals surface area contributed by atoms with Crippen molar-refractivity contribution in [2.24, 2.45) is 5.92 Å². The molecule has 1 saturated heterocycles. The first kappa shape index (κ1) is 17.3. The summed E-state index contributed by atoms with van der Waals surface area (Å²) < 4.78 is 0. The molecule has 1 unspecified atom stereocenters. The van der Waals surface area contributed by atoms with E-state index >= 15 is 0 Å². The molecular weight excluding hydrogens is 300 g/mol. The Morgan fingerprint density at radius 2 is 2.09 bits per heavy atom. The number of nitrogens with zero attached hydrogens (tertiary/aromatic N) is 1. The molecule has 4 nitrogen and oxygen atoms in total. The summed E-state index contributed by atoms with van der Waals surface area (Å²) in [6, 6.07) is 5.24. The number of β-amino-alcohol motifs (C(OH)–C–C–N with tert-alkyl or cyclic N) is 1. The van der Waals surface area contributed by atoms with Crippen LogP contribution in [0.4, 0.5) is 0 Å². The average Bonchev–Trinajstić information content (AvgIpc) is 2.46. The summed E-state index contributed by atoms with van der Waals surface area (Å²) in [7, 11) is 0. The molecule has 1 heterocycles. The van der Waals surface area contributed by atoms with Gasteiger partial charge < -0.3 is 15.3 Å². The van der Waals surface area contributed by atoms with Gasteiger partial charge in [-0.15, -0.1) is 0 Å². The lowest BCUT2D eigenvalue weighted by Crippen LogP contribution is -2.43. The fraction of sp³-hybridized carbons (Fsp3) is 0.588. The summed E-state index contributed by atoms with van der Waals surface area (Å²) in [6.45, 7) is 7.09. The summed E-state index contributed by atoms with van der Waals surface area (Å²) in [5, 5.41) is 13.4. The van der Waals surface area contributed by atoms with Gasteiger partial charge in [0, 0.05) is 23.7 Å². The molecule has 1 aromatic rings. The Labute approximate surface area is 137 Å². The van der Waals surface area contributed by atoms with E-state index in [2.05, 4.69) is 17.1 Å². The minimum Gasteiger partial charge on any atom is -0.390 e. The largest absolute Gasteiger partial charge is 0.390 e. The molecule has 1 amide bonds. The molecule has 122 valence electrons. The predicted octanol–water partition coefficient (Wildman–Crippen LogP) is 2.47. The van der Waals surface area contributed by atoms with Gasteiger partial charge in [-0.3, -0.25) is 4.79 Å². The Balaban J connectivity index is 1.78. The van der Waals surface area contributed by atoms with Gasteiger partial charge in [0.25, 0.3) is 5.91 Å². The highest BCUT2D eigenvalue weighted by Crippen LogP contribution is 2.16. The zero-order valence-electron chi connectivity index (χ0n) is 13.3. The number of carbonyl (C=O) groups excluding carboxylic acids is 1. The van der Waals surface area contributed by atoms with E-state index in [9.17, 15) is 9.90 Å². The van der Waals surface area contributed by atoms with Crippen LogP contribution in [0.1, 0.15) is 35.7 Å². The van der Waals surface area contributed by atoms with Crippen molar-refractivity contribution < 1.29 is 9.90 Å². The molecule has 1 fully saturated rings. The third-order valence-electron chi connectivity index (χ3n) is 4.15. The maximum Gasteiger partial charge on any atom is 0.251 e. The molecule has 1 aromatic carbocycles. The molecular formula is C17H25ClN2O2. The molecule has 2 rings (SSSR count). The van der Waals surface area contributed by atoms with Gasteiger partial charge >= 0.3 is 0 Å². The van der Waals surface area contributed by atoms with Crippen molar-refractivity contribution in [3.63, 3.8) is 0 Å². The summed E-state index contributed by atoms with van der Waals surface area (Å²) in [5.41, 5.74) is 1.48. The number of aryl methyl sites for hydroxylation is 1. The highest BCUT2D eigenvalue weighted by molar-refractivity contribution is 6.31. The second kappa shape index (κ2) is 7.95. The molecule has 0 aromatic heterocycles. The van der Waals surface area contributed by atoms with Gasteiger partial charge in [-0.1, -0.05) is 18.5 Å². The zero-order chi connectivity index (χ0) is 16.1. The first-order chi connectivity index (χ1) is 10.4. The zero-order valence-corrected chi connectivity index (χ0v) is 14.1. The van der Waals surface area contributed by atoms with E-state index in [1.807, 2.05) is 13.0 Å². The Hall–Kier alpha value is -1.10. The van der Waals surface area contributed by atoms with Crippen LogP contribution in [0.5, 0.6) is 0 Å². The van der Waals surface area contributed by atoms with Gasteiger partial charge in [0.1, 0.15) is 0 Å². The molecule has 2 N–H and O–H groups in total. The van der Waals surface area contributed by atoms with Crippen LogP contribution < -0.4 is 5.32 Å². The highest BCUT2D eigenvalue weighted by atomic mass is 35.5. The van der Waals surface area contributed by atoms with Crippen LogP contribution in [0, 0.1) is 12.8 Å². The van der Waals surface area contributed by atoms with Crippen LogP contribution in [0.25, 0.3) is 0 Å².